The molecule has 1 aromatic heterocycles. The van der Waals surface area contributed by atoms with Gasteiger partial charge in [0.15, 0.2) is 24.0 Å². The van der Waals surface area contributed by atoms with Gasteiger partial charge in [0, 0.05) is 50.0 Å². The number of ether oxygens (including phenoxy) is 1. The van der Waals surface area contributed by atoms with E-state index in [1.54, 1.807) is 23.2 Å². The number of nitrogens with zero attached hydrogens (tertiary/aromatic N) is 4. The Bertz CT molecular complexity index is 1120. The van der Waals surface area contributed by atoms with Crippen molar-refractivity contribution in [3.8, 4) is 5.75 Å². The van der Waals surface area contributed by atoms with E-state index in [2.05, 4.69) is 10.00 Å². The summed E-state index contributed by atoms with van der Waals surface area (Å²) < 4.78 is 46.5. The van der Waals surface area contributed by atoms with Crippen LogP contribution in [0.1, 0.15) is 16.1 Å². The molecule has 0 unspecified atom stereocenters. The second kappa shape index (κ2) is 9.62. The molecule has 0 spiro atoms. The highest BCUT2D eigenvalue weighted by Gasteiger charge is 2.24. The van der Waals surface area contributed by atoms with E-state index in [1.807, 2.05) is 0 Å². The van der Waals surface area contributed by atoms with E-state index in [-0.39, 0.29) is 29.9 Å². The fraction of sp³-hybridized carbons (Fsp3) is 0.273. The van der Waals surface area contributed by atoms with Crippen LogP contribution in [-0.2, 0) is 13.3 Å². The second-order valence-electron chi connectivity index (χ2n) is 7.39. The number of benzene rings is 2. The van der Waals surface area contributed by atoms with Gasteiger partial charge >= 0.3 is 0 Å². The van der Waals surface area contributed by atoms with Gasteiger partial charge in [-0.2, -0.15) is 5.10 Å². The molecular formula is C22H20ClF3N4O2. The quantitative estimate of drug-likeness (QED) is 0.554. The zero-order valence-electron chi connectivity index (χ0n) is 17.0. The largest absolute Gasteiger partial charge is 0.468 e. The fourth-order valence-electron chi connectivity index (χ4n) is 3.44. The predicted molar refractivity (Wildman–Crippen MR) is 112 cm³/mol. The summed E-state index contributed by atoms with van der Waals surface area (Å²) in [6.45, 7) is 2.78. The van der Waals surface area contributed by atoms with Crippen LogP contribution in [0, 0.1) is 17.5 Å². The van der Waals surface area contributed by atoms with Crippen molar-refractivity contribution < 1.29 is 22.7 Å². The average Bonchev–Trinajstić information content (AvgIpc) is 3.24. The van der Waals surface area contributed by atoms with Crippen LogP contribution in [0.2, 0.25) is 5.02 Å². The monoisotopic (exact) mass is 464 g/mol. The summed E-state index contributed by atoms with van der Waals surface area (Å²) in [5.74, 6) is -2.19. The van der Waals surface area contributed by atoms with E-state index in [0.717, 1.165) is 17.7 Å². The summed E-state index contributed by atoms with van der Waals surface area (Å²) in [5, 5.41) is 4.58. The fourth-order valence-corrected chi connectivity index (χ4v) is 3.66. The maximum absolute atomic E-state index is 13.7. The molecule has 1 aliphatic rings. The van der Waals surface area contributed by atoms with Crippen LogP contribution in [0.15, 0.2) is 48.7 Å². The van der Waals surface area contributed by atoms with Gasteiger partial charge in [-0.25, -0.2) is 17.9 Å². The molecular weight excluding hydrogens is 445 g/mol. The summed E-state index contributed by atoms with van der Waals surface area (Å²) in [6, 6.07) is 8.93. The zero-order valence-corrected chi connectivity index (χ0v) is 17.7. The Balaban J connectivity index is 1.29. The lowest BCUT2D eigenvalue weighted by Gasteiger charge is -2.34. The minimum absolute atomic E-state index is 0.104. The minimum atomic E-state index is -0.812. The molecule has 0 radical (unpaired) electrons. The molecule has 1 fully saturated rings. The highest BCUT2D eigenvalue weighted by atomic mass is 35.5. The number of amides is 1. The van der Waals surface area contributed by atoms with E-state index < -0.39 is 11.6 Å². The maximum atomic E-state index is 13.7. The normalized spacial score (nSPS) is 14.6. The lowest BCUT2D eigenvalue weighted by atomic mass is 10.2. The van der Waals surface area contributed by atoms with Crippen LogP contribution in [0.4, 0.5) is 13.2 Å². The molecule has 1 amide bonds. The van der Waals surface area contributed by atoms with Crippen molar-refractivity contribution in [3.05, 3.63) is 82.4 Å². The Morgan fingerprint density at radius 2 is 1.72 bits per heavy atom. The summed E-state index contributed by atoms with van der Waals surface area (Å²) in [5.41, 5.74) is 1.09. The first-order valence-corrected chi connectivity index (χ1v) is 10.3. The third-order valence-corrected chi connectivity index (χ3v) is 5.53. The molecule has 0 N–H and O–H groups in total. The number of halogens is 4. The molecule has 1 saturated heterocycles. The van der Waals surface area contributed by atoms with Crippen molar-refractivity contribution in [2.24, 2.45) is 0 Å². The van der Waals surface area contributed by atoms with Crippen molar-refractivity contribution in [1.82, 2.24) is 19.6 Å². The summed E-state index contributed by atoms with van der Waals surface area (Å²) in [6.07, 6.45) is 1.56. The van der Waals surface area contributed by atoms with Gasteiger partial charge in [-0.3, -0.25) is 9.69 Å². The van der Waals surface area contributed by atoms with Gasteiger partial charge in [-0.15, -0.1) is 0 Å². The number of carbonyl (C=O) groups excluding carboxylic acids is 1. The van der Waals surface area contributed by atoms with Gasteiger partial charge in [0.25, 0.3) is 5.91 Å². The predicted octanol–water partition coefficient (Wildman–Crippen LogP) is 3.95. The standard InChI is InChI=1S/C22H20ClF3N4O2/c23-18-11-16(24)2-1-15(18)13-28-7-9-29(10-8-28)22(31)20-5-6-30(27-20)14-32-21-4-3-17(25)12-19(21)26/h1-6,11-12H,7-10,13-14H2. The SMILES string of the molecule is O=C(c1ccn(COc2ccc(F)cc2F)n1)N1CCN(Cc2ccc(F)cc2Cl)CC1. The summed E-state index contributed by atoms with van der Waals surface area (Å²) in [7, 11) is 0. The number of hydrogen-bond donors (Lipinski definition) is 0. The Morgan fingerprint density at radius 1 is 1.00 bits per heavy atom. The molecule has 4 rings (SSSR count). The third-order valence-electron chi connectivity index (χ3n) is 5.17. The average molecular weight is 465 g/mol. The van der Waals surface area contributed by atoms with E-state index in [1.165, 1.54) is 22.9 Å². The van der Waals surface area contributed by atoms with Crippen LogP contribution in [0.5, 0.6) is 5.75 Å². The summed E-state index contributed by atoms with van der Waals surface area (Å²) in [4.78, 5) is 16.6. The molecule has 10 heteroatoms. The van der Waals surface area contributed by atoms with Gasteiger partial charge in [-0.1, -0.05) is 17.7 Å². The molecule has 6 nitrogen and oxygen atoms in total. The number of piperazine rings is 1. The minimum Gasteiger partial charge on any atom is -0.468 e. The van der Waals surface area contributed by atoms with E-state index in [9.17, 15) is 18.0 Å². The van der Waals surface area contributed by atoms with Crippen molar-refractivity contribution in [1.29, 1.82) is 0 Å². The highest BCUT2D eigenvalue weighted by molar-refractivity contribution is 6.31. The Morgan fingerprint density at radius 3 is 2.44 bits per heavy atom. The molecule has 0 atom stereocenters. The van der Waals surface area contributed by atoms with Gasteiger partial charge in [0.2, 0.25) is 0 Å². The van der Waals surface area contributed by atoms with Crippen molar-refractivity contribution in [2.45, 2.75) is 13.3 Å². The first-order valence-electron chi connectivity index (χ1n) is 9.96. The van der Waals surface area contributed by atoms with Crippen LogP contribution in [0.3, 0.4) is 0 Å². The van der Waals surface area contributed by atoms with Gasteiger partial charge in [0.05, 0.1) is 0 Å². The molecule has 168 valence electrons. The number of carbonyl (C=O) groups is 1. The van der Waals surface area contributed by atoms with Crippen LogP contribution < -0.4 is 4.74 Å². The molecule has 1 aliphatic heterocycles. The lowest BCUT2D eigenvalue weighted by molar-refractivity contribution is 0.0620. The highest BCUT2D eigenvalue weighted by Crippen LogP contribution is 2.20. The van der Waals surface area contributed by atoms with Crippen molar-refractivity contribution >= 4 is 17.5 Å². The molecule has 0 saturated carbocycles. The summed E-state index contributed by atoms with van der Waals surface area (Å²) >= 11 is 6.10. The van der Waals surface area contributed by atoms with Crippen LogP contribution in [-0.4, -0.2) is 51.7 Å². The Labute approximate surface area is 187 Å². The van der Waals surface area contributed by atoms with E-state index >= 15 is 0 Å². The topological polar surface area (TPSA) is 50.6 Å². The van der Waals surface area contributed by atoms with Crippen LogP contribution >= 0.6 is 11.6 Å². The number of rotatable bonds is 6. The van der Waals surface area contributed by atoms with Crippen molar-refractivity contribution in [3.63, 3.8) is 0 Å². The van der Waals surface area contributed by atoms with Gasteiger partial charge < -0.3 is 9.64 Å². The first-order chi connectivity index (χ1) is 15.4. The smallest absolute Gasteiger partial charge is 0.274 e. The molecule has 0 aliphatic carbocycles. The first kappa shape index (κ1) is 22.2. The van der Waals surface area contributed by atoms with Crippen molar-refractivity contribution in [2.75, 3.05) is 26.2 Å². The lowest BCUT2D eigenvalue weighted by Crippen LogP contribution is -2.48. The van der Waals surface area contributed by atoms with Gasteiger partial charge in [-0.05, 0) is 35.9 Å². The van der Waals surface area contributed by atoms with E-state index in [4.69, 9.17) is 16.3 Å². The third kappa shape index (κ3) is 5.23. The molecule has 2 heterocycles. The molecule has 2 aromatic carbocycles. The maximum Gasteiger partial charge on any atom is 0.274 e. The van der Waals surface area contributed by atoms with Gasteiger partial charge in [0.1, 0.15) is 11.6 Å². The number of aromatic nitrogens is 2. The zero-order chi connectivity index (χ0) is 22.7. The van der Waals surface area contributed by atoms with Crippen LogP contribution in [0.25, 0.3) is 0 Å². The molecule has 0 bridgehead atoms. The number of hydrogen-bond acceptors (Lipinski definition) is 4. The second-order valence-corrected chi connectivity index (χ2v) is 7.80. The molecule has 3 aromatic rings. The molecule has 32 heavy (non-hydrogen) atoms. The Kier molecular flexibility index (Phi) is 6.66. The Hall–Kier alpha value is -3.04. The van der Waals surface area contributed by atoms with E-state index in [0.29, 0.717) is 37.7 Å².